The van der Waals surface area contributed by atoms with E-state index in [0.717, 1.165) is 5.56 Å². The standard InChI is InChI=1S/C13H20ClNO4S/c1-4-10(8-16)15-20(17,18)13-7-11(14)9(3)6-12(13)19-5-2/h6-7,10,15-16H,4-5,8H2,1-3H3/t10-/m0/s1. The van der Waals surface area contributed by atoms with Gasteiger partial charge in [0.1, 0.15) is 10.6 Å². The molecule has 0 amide bonds. The van der Waals surface area contributed by atoms with Crippen LogP contribution in [0.15, 0.2) is 17.0 Å². The maximum absolute atomic E-state index is 12.4. The van der Waals surface area contributed by atoms with E-state index in [1.165, 1.54) is 6.07 Å². The number of rotatable bonds is 7. The van der Waals surface area contributed by atoms with Gasteiger partial charge in [0.15, 0.2) is 0 Å². The minimum absolute atomic E-state index is 0.0122. The molecule has 0 aromatic heterocycles. The Morgan fingerprint density at radius 3 is 2.55 bits per heavy atom. The molecule has 1 rings (SSSR count). The summed E-state index contributed by atoms with van der Waals surface area (Å²) in [6.45, 7) is 5.42. The lowest BCUT2D eigenvalue weighted by Crippen LogP contribution is -2.37. The minimum atomic E-state index is -3.80. The number of aliphatic hydroxyl groups excluding tert-OH is 1. The van der Waals surface area contributed by atoms with Crippen LogP contribution in [0.3, 0.4) is 0 Å². The van der Waals surface area contributed by atoms with Gasteiger partial charge in [0.05, 0.1) is 13.2 Å². The Balaban J connectivity index is 3.25. The van der Waals surface area contributed by atoms with Gasteiger partial charge in [0, 0.05) is 11.1 Å². The van der Waals surface area contributed by atoms with E-state index in [2.05, 4.69) is 4.72 Å². The Bertz CT molecular complexity index is 556. The van der Waals surface area contributed by atoms with Crippen LogP contribution in [0.2, 0.25) is 5.02 Å². The Morgan fingerprint density at radius 1 is 1.40 bits per heavy atom. The van der Waals surface area contributed by atoms with E-state index in [-0.39, 0.29) is 17.3 Å². The smallest absolute Gasteiger partial charge is 0.244 e. The second-order valence-electron chi connectivity index (χ2n) is 4.39. The SMILES string of the molecule is CCOc1cc(C)c(Cl)cc1S(=O)(=O)N[C@@H](CC)CO. The first-order valence-electron chi connectivity index (χ1n) is 6.41. The molecule has 0 fully saturated rings. The molecule has 0 bridgehead atoms. The molecule has 0 heterocycles. The molecule has 0 aliphatic rings. The summed E-state index contributed by atoms with van der Waals surface area (Å²) in [5.74, 6) is 0.259. The summed E-state index contributed by atoms with van der Waals surface area (Å²) in [7, 11) is -3.80. The van der Waals surface area contributed by atoms with E-state index in [1.54, 1.807) is 26.8 Å². The third kappa shape index (κ3) is 4.09. The van der Waals surface area contributed by atoms with Gasteiger partial charge in [-0.3, -0.25) is 0 Å². The van der Waals surface area contributed by atoms with Crippen LogP contribution in [0, 0.1) is 6.92 Å². The minimum Gasteiger partial charge on any atom is -0.492 e. The van der Waals surface area contributed by atoms with E-state index in [1.807, 2.05) is 0 Å². The summed E-state index contributed by atoms with van der Waals surface area (Å²) in [5.41, 5.74) is 0.739. The van der Waals surface area contributed by atoms with Crippen LogP contribution in [0.1, 0.15) is 25.8 Å². The molecule has 0 saturated heterocycles. The number of ether oxygens (including phenoxy) is 1. The molecule has 5 nitrogen and oxygen atoms in total. The van der Waals surface area contributed by atoms with Gasteiger partial charge < -0.3 is 9.84 Å². The highest BCUT2D eigenvalue weighted by Crippen LogP contribution is 2.30. The molecule has 1 atom stereocenters. The third-order valence-electron chi connectivity index (χ3n) is 2.85. The fourth-order valence-electron chi connectivity index (χ4n) is 1.65. The number of aliphatic hydroxyl groups is 1. The number of nitrogens with one attached hydrogen (secondary N) is 1. The van der Waals surface area contributed by atoms with Gasteiger partial charge >= 0.3 is 0 Å². The van der Waals surface area contributed by atoms with E-state index in [9.17, 15) is 8.42 Å². The van der Waals surface area contributed by atoms with Gasteiger partial charge in [0.25, 0.3) is 0 Å². The molecule has 0 radical (unpaired) electrons. The first-order valence-corrected chi connectivity index (χ1v) is 8.27. The number of sulfonamides is 1. The number of halogens is 1. The largest absolute Gasteiger partial charge is 0.492 e. The normalized spacial score (nSPS) is 13.2. The molecule has 0 spiro atoms. The summed E-state index contributed by atoms with van der Waals surface area (Å²) in [6.07, 6.45) is 0.485. The van der Waals surface area contributed by atoms with Gasteiger partial charge in [0.2, 0.25) is 10.0 Å². The second-order valence-corrected chi connectivity index (χ2v) is 6.48. The number of aryl methyl sites for hydroxylation is 1. The molecule has 0 aliphatic heterocycles. The maximum Gasteiger partial charge on any atom is 0.244 e. The van der Waals surface area contributed by atoms with Crippen molar-refractivity contribution in [3.8, 4) is 5.75 Å². The van der Waals surface area contributed by atoms with Gasteiger partial charge in [-0.2, -0.15) is 0 Å². The summed E-state index contributed by atoms with van der Waals surface area (Å²) in [5, 5.41) is 9.48. The average Bonchev–Trinajstić information content (AvgIpc) is 2.40. The Hall–Kier alpha value is -0.820. The van der Waals surface area contributed by atoms with Gasteiger partial charge in [-0.25, -0.2) is 13.1 Å². The van der Waals surface area contributed by atoms with E-state index in [0.29, 0.717) is 18.1 Å². The zero-order valence-electron chi connectivity index (χ0n) is 11.8. The quantitative estimate of drug-likeness (QED) is 0.806. The lowest BCUT2D eigenvalue weighted by atomic mass is 10.2. The van der Waals surface area contributed by atoms with Crippen molar-refractivity contribution >= 4 is 21.6 Å². The van der Waals surface area contributed by atoms with Crippen LogP contribution < -0.4 is 9.46 Å². The molecular formula is C13H20ClNO4S. The highest BCUT2D eigenvalue weighted by molar-refractivity contribution is 7.89. The van der Waals surface area contributed by atoms with Crippen molar-refractivity contribution in [2.24, 2.45) is 0 Å². The van der Waals surface area contributed by atoms with Gasteiger partial charge in [-0.15, -0.1) is 0 Å². The molecule has 114 valence electrons. The Kier molecular flexibility index (Phi) is 6.26. The monoisotopic (exact) mass is 321 g/mol. The highest BCUT2D eigenvalue weighted by Gasteiger charge is 2.24. The first-order chi connectivity index (χ1) is 9.35. The summed E-state index contributed by atoms with van der Waals surface area (Å²) >= 11 is 6.00. The van der Waals surface area contributed by atoms with Gasteiger partial charge in [-0.1, -0.05) is 18.5 Å². The summed E-state index contributed by atoms with van der Waals surface area (Å²) in [4.78, 5) is -0.0122. The van der Waals surface area contributed by atoms with Crippen molar-refractivity contribution in [3.63, 3.8) is 0 Å². The lowest BCUT2D eigenvalue weighted by Gasteiger charge is -2.17. The van der Waals surface area contributed by atoms with Crippen molar-refractivity contribution in [3.05, 3.63) is 22.7 Å². The molecule has 20 heavy (non-hydrogen) atoms. The van der Waals surface area contributed by atoms with Crippen LogP contribution in [0.25, 0.3) is 0 Å². The fourth-order valence-corrected chi connectivity index (χ4v) is 3.34. The van der Waals surface area contributed by atoms with Crippen molar-refractivity contribution in [1.29, 1.82) is 0 Å². The summed E-state index contributed by atoms with van der Waals surface area (Å²) in [6, 6.07) is 2.43. The average molecular weight is 322 g/mol. The van der Waals surface area contributed by atoms with E-state index >= 15 is 0 Å². The van der Waals surface area contributed by atoms with Crippen molar-refractivity contribution in [2.75, 3.05) is 13.2 Å². The Labute approximate surface area is 125 Å². The van der Waals surface area contributed by atoms with Crippen molar-refractivity contribution in [2.45, 2.75) is 38.1 Å². The second kappa shape index (κ2) is 7.26. The summed E-state index contributed by atoms with van der Waals surface area (Å²) < 4.78 is 32.5. The molecule has 2 N–H and O–H groups in total. The van der Waals surface area contributed by atoms with Crippen LogP contribution in [0.4, 0.5) is 0 Å². The molecule has 1 aromatic rings. The van der Waals surface area contributed by atoms with Crippen molar-refractivity contribution in [1.82, 2.24) is 4.72 Å². The highest BCUT2D eigenvalue weighted by atomic mass is 35.5. The zero-order chi connectivity index (χ0) is 15.3. The van der Waals surface area contributed by atoms with Crippen LogP contribution in [0.5, 0.6) is 5.75 Å². The number of hydrogen-bond donors (Lipinski definition) is 2. The molecule has 0 unspecified atom stereocenters. The van der Waals surface area contributed by atoms with Crippen LogP contribution >= 0.6 is 11.6 Å². The van der Waals surface area contributed by atoms with Crippen LogP contribution in [-0.2, 0) is 10.0 Å². The lowest BCUT2D eigenvalue weighted by molar-refractivity contribution is 0.253. The van der Waals surface area contributed by atoms with Gasteiger partial charge in [-0.05, 0) is 38.0 Å². The van der Waals surface area contributed by atoms with E-state index in [4.69, 9.17) is 21.4 Å². The number of benzene rings is 1. The first kappa shape index (κ1) is 17.2. The van der Waals surface area contributed by atoms with Crippen molar-refractivity contribution < 1.29 is 18.3 Å². The molecular weight excluding hydrogens is 302 g/mol. The van der Waals surface area contributed by atoms with E-state index < -0.39 is 16.1 Å². The molecule has 7 heteroatoms. The van der Waals surface area contributed by atoms with Crippen LogP contribution in [-0.4, -0.2) is 32.8 Å². The zero-order valence-corrected chi connectivity index (χ0v) is 13.4. The predicted molar refractivity (Wildman–Crippen MR) is 78.8 cm³/mol. The topological polar surface area (TPSA) is 75.6 Å². The molecule has 1 aromatic carbocycles. The number of hydrogen-bond acceptors (Lipinski definition) is 4. The fraction of sp³-hybridized carbons (Fsp3) is 0.538. The predicted octanol–water partition coefficient (Wildman–Crippen LogP) is 2.10. The molecule has 0 saturated carbocycles. The third-order valence-corrected chi connectivity index (χ3v) is 4.80. The molecule has 0 aliphatic carbocycles. The maximum atomic E-state index is 12.4. The Morgan fingerprint density at radius 2 is 2.05 bits per heavy atom.